The molecule has 0 bridgehead atoms. The van der Waals surface area contributed by atoms with E-state index in [0.717, 1.165) is 0 Å². The van der Waals surface area contributed by atoms with Crippen LogP contribution in [-0.2, 0) is 9.84 Å². The van der Waals surface area contributed by atoms with Gasteiger partial charge in [-0.1, -0.05) is 18.2 Å². The van der Waals surface area contributed by atoms with Gasteiger partial charge in [-0.2, -0.15) is 0 Å². The molecule has 0 radical (unpaired) electrons. The van der Waals surface area contributed by atoms with Crippen molar-refractivity contribution in [3.8, 4) is 5.75 Å². The summed E-state index contributed by atoms with van der Waals surface area (Å²) < 4.78 is 28.1. The molecule has 0 heterocycles. The highest BCUT2D eigenvalue weighted by molar-refractivity contribution is 7.91. The number of hydrogen-bond donors (Lipinski definition) is 0. The lowest BCUT2D eigenvalue weighted by Crippen LogP contribution is -2.32. The molecule has 0 saturated heterocycles. The third-order valence-electron chi connectivity index (χ3n) is 2.40. The van der Waals surface area contributed by atoms with E-state index in [4.69, 9.17) is 4.74 Å². The number of sulfone groups is 1. The van der Waals surface area contributed by atoms with Gasteiger partial charge in [0, 0.05) is 6.26 Å². The fraction of sp³-hybridized carbons (Fsp3) is 0.455. The Kier molecular flexibility index (Phi) is 3.74. The van der Waals surface area contributed by atoms with Crippen LogP contribution in [0.2, 0.25) is 0 Å². The van der Waals surface area contributed by atoms with Gasteiger partial charge >= 0.3 is 0 Å². The molecule has 0 fully saturated rings. The third kappa shape index (κ3) is 3.55. The second kappa shape index (κ2) is 4.66. The molecule has 0 aromatic heterocycles. The maximum absolute atomic E-state index is 11.3. The summed E-state index contributed by atoms with van der Waals surface area (Å²) in [5.74, 6) is 0.695. The lowest BCUT2D eigenvalue weighted by molar-refractivity contribution is 0.219. The van der Waals surface area contributed by atoms with E-state index >= 15 is 0 Å². The smallest absolute Gasteiger partial charge is 0.153 e. The van der Waals surface area contributed by atoms with Crippen molar-refractivity contribution >= 4 is 9.84 Å². The molecule has 1 aromatic rings. The molecule has 0 saturated carbocycles. The van der Waals surface area contributed by atoms with Crippen LogP contribution < -0.4 is 4.74 Å². The van der Waals surface area contributed by atoms with E-state index in [9.17, 15) is 8.42 Å². The highest BCUT2D eigenvalue weighted by atomic mass is 32.2. The van der Waals surface area contributed by atoms with Crippen LogP contribution in [-0.4, -0.2) is 26.0 Å². The Labute approximate surface area is 91.0 Å². The molecule has 0 aliphatic heterocycles. The number of rotatable bonds is 4. The number of para-hydroxylation sites is 1. The van der Waals surface area contributed by atoms with Crippen molar-refractivity contribution in [3.63, 3.8) is 0 Å². The van der Waals surface area contributed by atoms with Gasteiger partial charge in [0.1, 0.15) is 11.9 Å². The molecule has 84 valence electrons. The summed E-state index contributed by atoms with van der Waals surface area (Å²) in [6.45, 7) is 3.42. The molecule has 0 N–H and O–H groups in total. The van der Waals surface area contributed by atoms with Crippen molar-refractivity contribution in [1.82, 2.24) is 0 Å². The van der Waals surface area contributed by atoms with Crippen molar-refractivity contribution < 1.29 is 13.2 Å². The minimum Gasteiger partial charge on any atom is -0.489 e. The molecule has 4 heteroatoms. The second-order valence-corrected chi connectivity index (χ2v) is 6.07. The van der Waals surface area contributed by atoms with E-state index in [2.05, 4.69) is 0 Å². The normalized spacial score (nSPS) is 15.7. The Morgan fingerprint density at radius 1 is 1.13 bits per heavy atom. The summed E-state index contributed by atoms with van der Waals surface area (Å²) in [7, 11) is -3.05. The first kappa shape index (κ1) is 12.0. The summed E-state index contributed by atoms with van der Waals surface area (Å²) >= 11 is 0. The lowest BCUT2D eigenvalue weighted by atomic mass is 10.3. The number of ether oxygens (including phenoxy) is 1. The molecule has 2 atom stereocenters. The Balaban J connectivity index is 2.68. The number of hydrogen-bond acceptors (Lipinski definition) is 3. The van der Waals surface area contributed by atoms with Crippen molar-refractivity contribution in [3.05, 3.63) is 30.3 Å². The molecule has 3 nitrogen and oxygen atoms in total. The van der Waals surface area contributed by atoms with Gasteiger partial charge in [-0.05, 0) is 26.0 Å². The van der Waals surface area contributed by atoms with Crippen LogP contribution in [0.15, 0.2) is 30.3 Å². The van der Waals surface area contributed by atoms with Gasteiger partial charge < -0.3 is 4.74 Å². The topological polar surface area (TPSA) is 43.4 Å². The summed E-state index contributed by atoms with van der Waals surface area (Å²) in [4.78, 5) is 0. The second-order valence-electron chi connectivity index (χ2n) is 3.67. The zero-order valence-corrected chi connectivity index (χ0v) is 9.99. The standard InChI is InChI=1S/C11H16O3S/c1-9(10(2)15(3,12)13)14-11-7-5-4-6-8-11/h4-10H,1-3H3. The van der Waals surface area contributed by atoms with Gasteiger partial charge in [-0.15, -0.1) is 0 Å². The van der Waals surface area contributed by atoms with Crippen LogP contribution in [0.1, 0.15) is 13.8 Å². The van der Waals surface area contributed by atoms with E-state index in [1.165, 1.54) is 6.26 Å². The van der Waals surface area contributed by atoms with Gasteiger partial charge in [0.2, 0.25) is 0 Å². The van der Waals surface area contributed by atoms with E-state index in [0.29, 0.717) is 5.75 Å². The van der Waals surface area contributed by atoms with Gasteiger partial charge in [0.05, 0.1) is 5.25 Å². The van der Waals surface area contributed by atoms with Crippen LogP contribution in [0.5, 0.6) is 5.75 Å². The zero-order chi connectivity index (χ0) is 11.5. The van der Waals surface area contributed by atoms with E-state index in [-0.39, 0.29) is 6.10 Å². The molecular weight excluding hydrogens is 212 g/mol. The zero-order valence-electron chi connectivity index (χ0n) is 9.17. The first-order chi connectivity index (χ1) is 6.91. The molecule has 2 unspecified atom stereocenters. The molecule has 0 aliphatic carbocycles. The minimum absolute atomic E-state index is 0.345. The van der Waals surface area contributed by atoms with Crippen LogP contribution in [0.4, 0.5) is 0 Å². The SMILES string of the molecule is CC(Oc1ccccc1)C(C)S(C)(=O)=O. The fourth-order valence-corrected chi connectivity index (χ4v) is 1.91. The maximum Gasteiger partial charge on any atom is 0.153 e. The Morgan fingerprint density at radius 3 is 2.13 bits per heavy atom. The van der Waals surface area contributed by atoms with E-state index < -0.39 is 15.1 Å². The van der Waals surface area contributed by atoms with Gasteiger partial charge in [-0.25, -0.2) is 8.42 Å². The van der Waals surface area contributed by atoms with Crippen LogP contribution in [0.25, 0.3) is 0 Å². The molecule has 0 spiro atoms. The highest BCUT2D eigenvalue weighted by Crippen LogP contribution is 2.15. The monoisotopic (exact) mass is 228 g/mol. The Hall–Kier alpha value is -1.03. The maximum atomic E-state index is 11.3. The minimum atomic E-state index is -3.05. The summed E-state index contributed by atoms with van der Waals surface area (Å²) in [5.41, 5.74) is 0. The van der Waals surface area contributed by atoms with Gasteiger partial charge in [-0.3, -0.25) is 0 Å². The Bertz CT molecular complexity index is 397. The molecule has 1 aromatic carbocycles. The number of benzene rings is 1. The average molecular weight is 228 g/mol. The van der Waals surface area contributed by atoms with Crippen LogP contribution in [0, 0.1) is 0 Å². The lowest BCUT2D eigenvalue weighted by Gasteiger charge is -2.19. The summed E-state index contributed by atoms with van der Waals surface area (Å²) in [5, 5.41) is -0.502. The molecule has 15 heavy (non-hydrogen) atoms. The van der Waals surface area contributed by atoms with E-state index in [1.54, 1.807) is 13.8 Å². The molecule has 0 aliphatic rings. The largest absolute Gasteiger partial charge is 0.489 e. The highest BCUT2D eigenvalue weighted by Gasteiger charge is 2.23. The molecule has 1 rings (SSSR count). The average Bonchev–Trinajstić information content (AvgIpc) is 2.16. The van der Waals surface area contributed by atoms with E-state index in [1.807, 2.05) is 30.3 Å². The van der Waals surface area contributed by atoms with Gasteiger partial charge in [0.15, 0.2) is 9.84 Å². The van der Waals surface area contributed by atoms with Crippen molar-refractivity contribution in [2.45, 2.75) is 25.2 Å². The quantitative estimate of drug-likeness (QED) is 0.790. The Morgan fingerprint density at radius 2 is 1.67 bits per heavy atom. The third-order valence-corrected chi connectivity index (χ3v) is 4.14. The fourth-order valence-electron chi connectivity index (χ4n) is 1.16. The predicted molar refractivity (Wildman–Crippen MR) is 60.8 cm³/mol. The van der Waals surface area contributed by atoms with Crippen LogP contribution >= 0.6 is 0 Å². The van der Waals surface area contributed by atoms with Crippen molar-refractivity contribution in [2.24, 2.45) is 0 Å². The summed E-state index contributed by atoms with van der Waals surface area (Å²) in [6.07, 6.45) is 0.880. The summed E-state index contributed by atoms with van der Waals surface area (Å²) in [6, 6.07) is 9.22. The van der Waals surface area contributed by atoms with Gasteiger partial charge in [0.25, 0.3) is 0 Å². The van der Waals surface area contributed by atoms with Crippen molar-refractivity contribution in [1.29, 1.82) is 0 Å². The molecule has 0 amide bonds. The predicted octanol–water partition coefficient (Wildman–Crippen LogP) is 1.89. The first-order valence-corrected chi connectivity index (χ1v) is 6.77. The van der Waals surface area contributed by atoms with Crippen LogP contribution in [0.3, 0.4) is 0 Å². The first-order valence-electron chi connectivity index (χ1n) is 4.82. The molecular formula is C11H16O3S. The van der Waals surface area contributed by atoms with Crippen molar-refractivity contribution in [2.75, 3.05) is 6.26 Å².